The van der Waals surface area contributed by atoms with Gasteiger partial charge in [-0.05, 0) is 48.6 Å². The van der Waals surface area contributed by atoms with Crippen LogP contribution in [0.3, 0.4) is 0 Å². The normalized spacial score (nSPS) is 13.9. The minimum atomic E-state index is -0.459. The van der Waals surface area contributed by atoms with Gasteiger partial charge >= 0.3 is 0 Å². The number of nitrogens with zero attached hydrogens (tertiary/aromatic N) is 1. The summed E-state index contributed by atoms with van der Waals surface area (Å²) in [4.78, 5) is 36.8. The number of hydrogen-bond donors (Lipinski definition) is 1. The fourth-order valence-corrected chi connectivity index (χ4v) is 3.44. The van der Waals surface area contributed by atoms with E-state index in [-0.39, 0.29) is 17.7 Å². The average Bonchev–Trinajstić information content (AvgIpc) is 2.72. The SMILES string of the molecule is CCC1C(=O)N(CCCc2cc(OCc3ccccc3)ccc2NC(C)=O)C1=O. The second kappa shape index (κ2) is 9.37. The van der Waals surface area contributed by atoms with Gasteiger partial charge in [-0.3, -0.25) is 19.3 Å². The van der Waals surface area contributed by atoms with Crippen LogP contribution in [0.1, 0.15) is 37.8 Å². The molecule has 1 fully saturated rings. The molecule has 3 amide bonds. The third-order valence-corrected chi connectivity index (χ3v) is 5.00. The third kappa shape index (κ3) is 5.02. The van der Waals surface area contributed by atoms with E-state index in [1.165, 1.54) is 11.8 Å². The summed E-state index contributed by atoms with van der Waals surface area (Å²) in [5.41, 5.74) is 2.70. The van der Waals surface area contributed by atoms with Gasteiger partial charge < -0.3 is 10.1 Å². The Hall–Kier alpha value is -3.15. The Labute approximate surface area is 170 Å². The summed E-state index contributed by atoms with van der Waals surface area (Å²) in [5.74, 6) is -0.0677. The standard InChI is InChI=1S/C23H26N2O4/c1-3-20-22(27)25(23(20)28)13-7-10-18-14-19(11-12-21(18)24-16(2)26)29-15-17-8-5-4-6-9-17/h4-6,8-9,11-12,14,20H,3,7,10,13,15H2,1-2H3,(H,24,26). The summed E-state index contributed by atoms with van der Waals surface area (Å²) in [6, 6.07) is 15.4. The minimum absolute atomic E-state index is 0.0838. The molecule has 152 valence electrons. The molecule has 1 heterocycles. The number of benzene rings is 2. The van der Waals surface area contributed by atoms with Crippen molar-refractivity contribution in [1.29, 1.82) is 0 Å². The van der Waals surface area contributed by atoms with Gasteiger partial charge in [0.2, 0.25) is 17.7 Å². The number of anilines is 1. The Morgan fingerprint density at radius 1 is 1.10 bits per heavy atom. The molecule has 0 radical (unpaired) electrons. The highest BCUT2D eigenvalue weighted by Crippen LogP contribution is 2.26. The number of carbonyl (C=O) groups is 3. The van der Waals surface area contributed by atoms with Crippen molar-refractivity contribution in [2.75, 3.05) is 11.9 Å². The number of hydrogen-bond acceptors (Lipinski definition) is 4. The summed E-state index contributed by atoms with van der Waals surface area (Å²) in [5, 5.41) is 2.83. The van der Waals surface area contributed by atoms with E-state index in [4.69, 9.17) is 4.74 Å². The second-order valence-corrected chi connectivity index (χ2v) is 7.17. The Morgan fingerprint density at radius 3 is 2.48 bits per heavy atom. The minimum Gasteiger partial charge on any atom is -0.489 e. The van der Waals surface area contributed by atoms with E-state index in [1.54, 1.807) is 0 Å². The summed E-state index contributed by atoms with van der Waals surface area (Å²) in [6.45, 7) is 4.15. The van der Waals surface area contributed by atoms with E-state index in [0.717, 1.165) is 16.8 Å². The molecule has 1 N–H and O–H groups in total. The number of ether oxygens (including phenoxy) is 1. The Bertz CT molecular complexity index is 879. The zero-order chi connectivity index (χ0) is 20.8. The Morgan fingerprint density at radius 2 is 1.83 bits per heavy atom. The molecule has 29 heavy (non-hydrogen) atoms. The summed E-state index contributed by atoms with van der Waals surface area (Å²) >= 11 is 0. The van der Waals surface area contributed by atoms with Crippen LogP contribution in [0.5, 0.6) is 5.75 Å². The lowest BCUT2D eigenvalue weighted by atomic mass is 9.94. The first-order valence-electron chi connectivity index (χ1n) is 9.92. The number of imide groups is 1. The van der Waals surface area contributed by atoms with E-state index >= 15 is 0 Å². The molecule has 0 bridgehead atoms. The third-order valence-electron chi connectivity index (χ3n) is 5.00. The van der Waals surface area contributed by atoms with Crippen LogP contribution in [-0.4, -0.2) is 29.2 Å². The molecule has 0 aromatic heterocycles. The molecule has 0 unspecified atom stereocenters. The van der Waals surface area contributed by atoms with Gasteiger partial charge in [0.1, 0.15) is 18.3 Å². The van der Waals surface area contributed by atoms with Gasteiger partial charge in [0.15, 0.2) is 0 Å². The summed E-state index contributed by atoms with van der Waals surface area (Å²) < 4.78 is 5.88. The highest BCUT2D eigenvalue weighted by molar-refractivity contribution is 6.17. The molecular weight excluding hydrogens is 368 g/mol. The zero-order valence-electron chi connectivity index (χ0n) is 16.8. The van der Waals surface area contributed by atoms with Gasteiger partial charge in [-0.1, -0.05) is 37.3 Å². The van der Waals surface area contributed by atoms with E-state index in [1.807, 2.05) is 55.5 Å². The predicted molar refractivity (Wildman–Crippen MR) is 110 cm³/mol. The van der Waals surface area contributed by atoms with Crippen LogP contribution in [0.4, 0.5) is 5.69 Å². The van der Waals surface area contributed by atoms with E-state index in [9.17, 15) is 14.4 Å². The molecule has 0 spiro atoms. The van der Waals surface area contributed by atoms with Crippen molar-refractivity contribution in [3.05, 3.63) is 59.7 Å². The maximum atomic E-state index is 12.0. The van der Waals surface area contributed by atoms with Crippen molar-refractivity contribution >= 4 is 23.4 Å². The molecule has 0 aliphatic carbocycles. The molecule has 0 atom stereocenters. The number of amides is 3. The van der Waals surface area contributed by atoms with Crippen LogP contribution in [-0.2, 0) is 27.4 Å². The van der Waals surface area contributed by atoms with Crippen LogP contribution in [0.25, 0.3) is 0 Å². The van der Waals surface area contributed by atoms with Gasteiger partial charge in [-0.25, -0.2) is 0 Å². The lowest BCUT2D eigenvalue weighted by molar-refractivity contribution is -0.165. The van der Waals surface area contributed by atoms with E-state index in [0.29, 0.717) is 38.2 Å². The van der Waals surface area contributed by atoms with Crippen molar-refractivity contribution < 1.29 is 19.1 Å². The van der Waals surface area contributed by atoms with Crippen LogP contribution in [0, 0.1) is 5.92 Å². The van der Waals surface area contributed by atoms with E-state index in [2.05, 4.69) is 5.32 Å². The highest BCUT2D eigenvalue weighted by atomic mass is 16.5. The maximum absolute atomic E-state index is 12.0. The molecule has 6 heteroatoms. The average molecular weight is 394 g/mol. The molecular formula is C23H26N2O4. The number of carbonyl (C=O) groups excluding carboxylic acids is 3. The first-order chi connectivity index (χ1) is 14.0. The van der Waals surface area contributed by atoms with Crippen LogP contribution >= 0.6 is 0 Å². The second-order valence-electron chi connectivity index (χ2n) is 7.17. The lowest BCUT2D eigenvalue weighted by Gasteiger charge is -2.35. The molecule has 2 aromatic carbocycles. The number of β-lactam (4-membered cyclic amide) rings is 2. The smallest absolute Gasteiger partial charge is 0.241 e. The van der Waals surface area contributed by atoms with Crippen molar-refractivity contribution in [2.24, 2.45) is 5.92 Å². The lowest BCUT2D eigenvalue weighted by Crippen LogP contribution is -2.57. The summed E-state index contributed by atoms with van der Waals surface area (Å²) in [6.07, 6.45) is 1.80. The van der Waals surface area contributed by atoms with Gasteiger partial charge in [0, 0.05) is 19.2 Å². The number of aryl methyl sites for hydroxylation is 1. The molecule has 0 saturated carbocycles. The quantitative estimate of drug-likeness (QED) is 0.521. The molecule has 6 nitrogen and oxygen atoms in total. The molecule has 1 aliphatic rings. The first-order valence-corrected chi connectivity index (χ1v) is 9.92. The van der Waals surface area contributed by atoms with Crippen LogP contribution in [0.15, 0.2) is 48.5 Å². The Balaban J connectivity index is 1.63. The van der Waals surface area contributed by atoms with Gasteiger partial charge in [-0.2, -0.15) is 0 Å². The molecule has 1 saturated heterocycles. The van der Waals surface area contributed by atoms with Crippen LogP contribution in [0.2, 0.25) is 0 Å². The van der Waals surface area contributed by atoms with Crippen molar-refractivity contribution in [2.45, 2.75) is 39.7 Å². The largest absolute Gasteiger partial charge is 0.489 e. The fraction of sp³-hybridized carbons (Fsp3) is 0.348. The molecule has 1 aliphatic heterocycles. The summed E-state index contributed by atoms with van der Waals surface area (Å²) in [7, 11) is 0. The van der Waals surface area contributed by atoms with Crippen LogP contribution < -0.4 is 10.1 Å². The van der Waals surface area contributed by atoms with Crippen molar-refractivity contribution in [3.63, 3.8) is 0 Å². The topological polar surface area (TPSA) is 75.7 Å². The molecule has 2 aromatic rings. The first kappa shape index (κ1) is 20.6. The predicted octanol–water partition coefficient (Wildman–Crippen LogP) is 3.55. The number of likely N-dealkylation sites (tertiary alicyclic amines) is 1. The van der Waals surface area contributed by atoms with Crippen molar-refractivity contribution in [1.82, 2.24) is 4.90 Å². The highest BCUT2D eigenvalue weighted by Gasteiger charge is 2.44. The molecule has 3 rings (SSSR count). The van der Waals surface area contributed by atoms with Gasteiger partial charge in [0.05, 0.1) is 0 Å². The fourth-order valence-electron chi connectivity index (χ4n) is 3.44. The zero-order valence-corrected chi connectivity index (χ0v) is 16.8. The van der Waals surface area contributed by atoms with Gasteiger partial charge in [-0.15, -0.1) is 0 Å². The Kier molecular flexibility index (Phi) is 6.65. The monoisotopic (exact) mass is 394 g/mol. The van der Waals surface area contributed by atoms with Crippen molar-refractivity contribution in [3.8, 4) is 5.75 Å². The maximum Gasteiger partial charge on any atom is 0.241 e. The van der Waals surface area contributed by atoms with Gasteiger partial charge in [0.25, 0.3) is 0 Å². The number of rotatable bonds is 9. The number of nitrogens with one attached hydrogen (secondary N) is 1. The van der Waals surface area contributed by atoms with E-state index < -0.39 is 5.92 Å².